The molecule has 98 valence electrons. The van der Waals surface area contributed by atoms with Gasteiger partial charge < -0.3 is 15.0 Å². The van der Waals surface area contributed by atoms with E-state index in [0.717, 1.165) is 5.46 Å². The summed E-state index contributed by atoms with van der Waals surface area (Å²) in [5.74, 6) is 0. The SMILES string of the molecule is CC1(C)OB(c2cnc(CN)c(Cl)c2)OC1(C)C. The molecule has 1 aliphatic heterocycles. The zero-order valence-corrected chi connectivity index (χ0v) is 11.9. The first-order valence-corrected chi connectivity index (χ1v) is 6.34. The summed E-state index contributed by atoms with van der Waals surface area (Å²) in [6, 6.07) is 1.80. The van der Waals surface area contributed by atoms with Gasteiger partial charge in [-0.1, -0.05) is 11.6 Å². The third kappa shape index (κ3) is 2.28. The Bertz CT molecular complexity index is 449. The highest BCUT2D eigenvalue weighted by molar-refractivity contribution is 6.62. The number of aromatic nitrogens is 1. The van der Waals surface area contributed by atoms with E-state index in [1.54, 1.807) is 12.3 Å². The predicted octanol–water partition coefficient (Wildman–Crippen LogP) is 1.49. The molecular formula is C12H18BClN2O2. The van der Waals surface area contributed by atoms with Crippen molar-refractivity contribution in [3.63, 3.8) is 0 Å². The van der Waals surface area contributed by atoms with Crippen molar-refractivity contribution in [2.45, 2.75) is 45.4 Å². The Morgan fingerprint density at radius 1 is 1.28 bits per heavy atom. The van der Waals surface area contributed by atoms with Crippen LogP contribution in [0.3, 0.4) is 0 Å². The topological polar surface area (TPSA) is 57.4 Å². The highest BCUT2D eigenvalue weighted by atomic mass is 35.5. The zero-order chi connectivity index (χ0) is 13.6. The maximum absolute atomic E-state index is 6.10. The predicted molar refractivity (Wildman–Crippen MR) is 72.9 cm³/mol. The lowest BCUT2D eigenvalue weighted by Gasteiger charge is -2.32. The van der Waals surface area contributed by atoms with Crippen LogP contribution < -0.4 is 11.2 Å². The van der Waals surface area contributed by atoms with Gasteiger partial charge in [-0.25, -0.2) is 0 Å². The summed E-state index contributed by atoms with van der Waals surface area (Å²) >= 11 is 6.10. The van der Waals surface area contributed by atoms with Gasteiger partial charge in [0.1, 0.15) is 0 Å². The van der Waals surface area contributed by atoms with Crippen molar-refractivity contribution in [3.8, 4) is 0 Å². The summed E-state index contributed by atoms with van der Waals surface area (Å²) in [5, 5.41) is 0.546. The van der Waals surface area contributed by atoms with Gasteiger partial charge >= 0.3 is 7.12 Å². The van der Waals surface area contributed by atoms with E-state index in [0.29, 0.717) is 17.3 Å². The van der Waals surface area contributed by atoms with Gasteiger partial charge in [0.15, 0.2) is 0 Å². The van der Waals surface area contributed by atoms with E-state index in [4.69, 9.17) is 26.6 Å². The van der Waals surface area contributed by atoms with Gasteiger partial charge in [-0.3, -0.25) is 4.98 Å². The summed E-state index contributed by atoms with van der Waals surface area (Å²) < 4.78 is 11.9. The molecule has 1 aromatic rings. The lowest BCUT2D eigenvalue weighted by atomic mass is 9.80. The number of nitrogens with zero attached hydrogens (tertiary/aromatic N) is 1. The molecule has 0 bridgehead atoms. The first kappa shape index (κ1) is 13.8. The van der Waals surface area contributed by atoms with Gasteiger partial charge in [0.25, 0.3) is 0 Å². The van der Waals surface area contributed by atoms with Crippen molar-refractivity contribution in [2.24, 2.45) is 5.73 Å². The van der Waals surface area contributed by atoms with Gasteiger partial charge in [0, 0.05) is 18.2 Å². The van der Waals surface area contributed by atoms with Crippen LogP contribution in [0.4, 0.5) is 0 Å². The van der Waals surface area contributed by atoms with Crippen molar-refractivity contribution in [1.29, 1.82) is 0 Å². The second-order valence-corrected chi connectivity index (χ2v) is 5.90. The van der Waals surface area contributed by atoms with Crippen LogP contribution in [0.5, 0.6) is 0 Å². The van der Waals surface area contributed by atoms with Crippen LogP contribution >= 0.6 is 11.6 Å². The van der Waals surface area contributed by atoms with Gasteiger partial charge in [0.05, 0.1) is 21.9 Å². The molecule has 1 fully saturated rings. The molecule has 6 heteroatoms. The van der Waals surface area contributed by atoms with E-state index >= 15 is 0 Å². The Morgan fingerprint density at radius 3 is 2.28 bits per heavy atom. The van der Waals surface area contributed by atoms with Crippen molar-refractivity contribution >= 4 is 24.2 Å². The summed E-state index contributed by atoms with van der Waals surface area (Å²) in [7, 11) is -0.438. The van der Waals surface area contributed by atoms with Crippen LogP contribution in [0.1, 0.15) is 33.4 Å². The molecule has 0 saturated carbocycles. The molecule has 2 N–H and O–H groups in total. The molecule has 0 atom stereocenters. The Labute approximate surface area is 113 Å². The summed E-state index contributed by atoms with van der Waals surface area (Å²) in [5.41, 5.74) is 6.30. The van der Waals surface area contributed by atoms with Crippen LogP contribution in [-0.2, 0) is 15.9 Å². The van der Waals surface area contributed by atoms with Crippen LogP contribution in [0.2, 0.25) is 5.02 Å². The molecular weight excluding hydrogens is 250 g/mol. The third-order valence-electron chi connectivity index (χ3n) is 3.66. The van der Waals surface area contributed by atoms with Crippen LogP contribution in [0.25, 0.3) is 0 Å². The molecule has 0 amide bonds. The largest absolute Gasteiger partial charge is 0.496 e. The molecule has 0 aromatic carbocycles. The fourth-order valence-electron chi connectivity index (χ4n) is 1.74. The van der Waals surface area contributed by atoms with E-state index in [1.807, 2.05) is 27.7 Å². The van der Waals surface area contributed by atoms with Crippen molar-refractivity contribution in [3.05, 3.63) is 23.0 Å². The van der Waals surface area contributed by atoms with Crippen molar-refractivity contribution in [1.82, 2.24) is 4.98 Å². The van der Waals surface area contributed by atoms with E-state index in [-0.39, 0.29) is 11.2 Å². The number of nitrogens with two attached hydrogens (primary N) is 1. The fourth-order valence-corrected chi connectivity index (χ4v) is 1.99. The minimum Gasteiger partial charge on any atom is -0.399 e. The van der Waals surface area contributed by atoms with Crippen LogP contribution in [0.15, 0.2) is 12.3 Å². The van der Waals surface area contributed by atoms with E-state index in [2.05, 4.69) is 4.98 Å². The highest BCUT2D eigenvalue weighted by Crippen LogP contribution is 2.36. The highest BCUT2D eigenvalue weighted by Gasteiger charge is 2.51. The molecule has 2 rings (SSSR count). The van der Waals surface area contributed by atoms with Crippen LogP contribution in [0, 0.1) is 0 Å². The van der Waals surface area contributed by atoms with E-state index in [1.165, 1.54) is 0 Å². The molecule has 2 heterocycles. The van der Waals surface area contributed by atoms with Crippen LogP contribution in [-0.4, -0.2) is 23.3 Å². The first-order valence-electron chi connectivity index (χ1n) is 5.97. The number of hydrogen-bond acceptors (Lipinski definition) is 4. The maximum Gasteiger partial charge on any atom is 0.496 e. The maximum atomic E-state index is 6.10. The number of pyridine rings is 1. The second-order valence-electron chi connectivity index (χ2n) is 5.49. The smallest absolute Gasteiger partial charge is 0.399 e. The average molecular weight is 269 g/mol. The molecule has 18 heavy (non-hydrogen) atoms. The molecule has 1 aliphatic rings. The molecule has 0 spiro atoms. The Kier molecular flexibility index (Phi) is 3.45. The Hall–Kier alpha value is -0.615. The molecule has 1 saturated heterocycles. The molecule has 0 unspecified atom stereocenters. The average Bonchev–Trinajstić information content (AvgIpc) is 2.48. The molecule has 0 aliphatic carbocycles. The van der Waals surface area contributed by atoms with Crippen molar-refractivity contribution in [2.75, 3.05) is 0 Å². The number of hydrogen-bond donors (Lipinski definition) is 1. The fraction of sp³-hybridized carbons (Fsp3) is 0.583. The minimum atomic E-state index is -0.438. The second kappa shape index (κ2) is 4.49. The normalized spacial score (nSPS) is 21.3. The minimum absolute atomic E-state index is 0.322. The Balaban J connectivity index is 2.27. The molecule has 4 nitrogen and oxygen atoms in total. The summed E-state index contributed by atoms with van der Waals surface area (Å²) in [6.07, 6.45) is 1.70. The number of rotatable bonds is 2. The first-order chi connectivity index (χ1) is 8.27. The monoisotopic (exact) mass is 268 g/mol. The van der Waals surface area contributed by atoms with E-state index < -0.39 is 7.12 Å². The van der Waals surface area contributed by atoms with Crippen molar-refractivity contribution < 1.29 is 9.31 Å². The van der Waals surface area contributed by atoms with Gasteiger partial charge in [-0.05, 0) is 33.8 Å². The third-order valence-corrected chi connectivity index (χ3v) is 3.98. The molecule has 1 aromatic heterocycles. The lowest BCUT2D eigenvalue weighted by molar-refractivity contribution is 0.00578. The quantitative estimate of drug-likeness (QED) is 0.826. The van der Waals surface area contributed by atoms with Gasteiger partial charge in [-0.2, -0.15) is 0 Å². The summed E-state index contributed by atoms with van der Waals surface area (Å²) in [4.78, 5) is 4.22. The van der Waals surface area contributed by atoms with E-state index in [9.17, 15) is 0 Å². The van der Waals surface area contributed by atoms with Gasteiger partial charge in [0.2, 0.25) is 0 Å². The zero-order valence-electron chi connectivity index (χ0n) is 11.2. The lowest BCUT2D eigenvalue weighted by Crippen LogP contribution is -2.41. The summed E-state index contributed by atoms with van der Waals surface area (Å²) in [6.45, 7) is 8.36. The standard InChI is InChI=1S/C12H18BClN2O2/c1-11(2)12(3,4)18-13(17-11)8-5-9(14)10(6-15)16-7-8/h5,7H,6,15H2,1-4H3. The Morgan fingerprint density at radius 2 is 1.83 bits per heavy atom. The molecule has 0 radical (unpaired) electrons. The van der Waals surface area contributed by atoms with Gasteiger partial charge in [-0.15, -0.1) is 0 Å². The number of halogens is 1.